The summed E-state index contributed by atoms with van der Waals surface area (Å²) in [5, 5.41) is 2.85. The summed E-state index contributed by atoms with van der Waals surface area (Å²) < 4.78 is 4.88. The smallest absolute Gasteiger partial charge is 0.338 e. The number of anilines is 1. The van der Waals surface area contributed by atoms with Gasteiger partial charge >= 0.3 is 5.97 Å². The fourth-order valence-electron chi connectivity index (χ4n) is 1.89. The molecule has 0 spiro atoms. The first-order valence-electron chi connectivity index (χ1n) is 6.47. The molecule has 1 aliphatic heterocycles. The molecule has 0 bridgehead atoms. The van der Waals surface area contributed by atoms with Crippen LogP contribution in [0.1, 0.15) is 30.1 Å². The van der Waals surface area contributed by atoms with Crippen LogP contribution in [0.5, 0.6) is 0 Å². The third-order valence-corrected chi connectivity index (χ3v) is 3.19. The van der Waals surface area contributed by atoms with Crippen molar-refractivity contribution in [2.24, 2.45) is 0 Å². The van der Waals surface area contributed by atoms with Gasteiger partial charge in [0.15, 0.2) is 5.11 Å². The first-order chi connectivity index (χ1) is 10.0. The molecule has 1 aromatic rings. The Morgan fingerprint density at radius 2 is 1.81 bits per heavy atom. The van der Waals surface area contributed by atoms with Crippen molar-refractivity contribution in [1.29, 1.82) is 0 Å². The molecular weight excluding hydrogens is 292 g/mol. The van der Waals surface area contributed by atoms with Gasteiger partial charge in [-0.25, -0.2) is 9.69 Å². The SMILES string of the molecule is CCOC(=O)c1ccc(NC(=S)N2C(=O)CCC2=O)cc1. The molecule has 110 valence electrons. The molecule has 1 saturated heterocycles. The second-order valence-electron chi connectivity index (χ2n) is 4.35. The summed E-state index contributed by atoms with van der Waals surface area (Å²) >= 11 is 5.06. The Labute approximate surface area is 127 Å². The summed E-state index contributed by atoms with van der Waals surface area (Å²) in [6.45, 7) is 2.04. The second-order valence-corrected chi connectivity index (χ2v) is 4.74. The Balaban J connectivity index is 2.03. The van der Waals surface area contributed by atoms with Gasteiger partial charge in [-0.15, -0.1) is 0 Å². The molecule has 2 amide bonds. The van der Waals surface area contributed by atoms with E-state index >= 15 is 0 Å². The van der Waals surface area contributed by atoms with Crippen molar-refractivity contribution in [3.05, 3.63) is 29.8 Å². The van der Waals surface area contributed by atoms with E-state index in [1.165, 1.54) is 0 Å². The number of benzene rings is 1. The maximum atomic E-state index is 11.5. The lowest BCUT2D eigenvalue weighted by Crippen LogP contribution is -2.38. The van der Waals surface area contributed by atoms with Crippen LogP contribution >= 0.6 is 12.2 Å². The molecule has 21 heavy (non-hydrogen) atoms. The number of likely N-dealkylation sites (tertiary alicyclic amines) is 1. The summed E-state index contributed by atoms with van der Waals surface area (Å²) in [6.07, 6.45) is 0.366. The number of hydrogen-bond donors (Lipinski definition) is 1. The van der Waals surface area contributed by atoms with E-state index < -0.39 is 5.97 Å². The number of nitrogens with one attached hydrogen (secondary N) is 1. The molecule has 0 atom stereocenters. The Kier molecular flexibility index (Phi) is 4.64. The lowest BCUT2D eigenvalue weighted by molar-refractivity contribution is -0.133. The number of ether oxygens (including phenoxy) is 1. The number of carbonyl (C=O) groups excluding carboxylic acids is 3. The molecule has 1 fully saturated rings. The number of imide groups is 1. The van der Waals surface area contributed by atoms with Crippen LogP contribution in [0.25, 0.3) is 0 Å². The van der Waals surface area contributed by atoms with Crippen LogP contribution in [0.4, 0.5) is 5.69 Å². The van der Waals surface area contributed by atoms with Gasteiger partial charge in [-0.05, 0) is 43.4 Å². The fraction of sp³-hybridized carbons (Fsp3) is 0.286. The van der Waals surface area contributed by atoms with Crippen LogP contribution in [0, 0.1) is 0 Å². The van der Waals surface area contributed by atoms with Gasteiger partial charge in [-0.1, -0.05) is 0 Å². The highest BCUT2D eigenvalue weighted by molar-refractivity contribution is 7.80. The first-order valence-corrected chi connectivity index (χ1v) is 6.87. The minimum atomic E-state index is -0.406. The molecule has 7 heteroatoms. The molecule has 0 saturated carbocycles. The van der Waals surface area contributed by atoms with Crippen LogP contribution in [0.15, 0.2) is 24.3 Å². The summed E-state index contributed by atoms with van der Waals surface area (Å²) in [4.78, 5) is 35.6. The van der Waals surface area contributed by atoms with Crippen molar-refractivity contribution in [2.45, 2.75) is 19.8 Å². The van der Waals surface area contributed by atoms with E-state index in [9.17, 15) is 14.4 Å². The Bertz CT molecular complexity index is 581. The molecule has 1 N–H and O–H groups in total. The van der Waals surface area contributed by atoms with Crippen LogP contribution in [-0.4, -0.2) is 34.4 Å². The molecule has 0 aromatic heterocycles. The van der Waals surface area contributed by atoms with Crippen LogP contribution in [0.2, 0.25) is 0 Å². The van der Waals surface area contributed by atoms with E-state index in [1.54, 1.807) is 31.2 Å². The van der Waals surface area contributed by atoms with Gasteiger partial charge in [0.05, 0.1) is 12.2 Å². The summed E-state index contributed by atoms with van der Waals surface area (Å²) in [5.74, 6) is -1.02. The van der Waals surface area contributed by atoms with Gasteiger partial charge in [0, 0.05) is 18.5 Å². The molecule has 1 aromatic carbocycles. The average molecular weight is 306 g/mol. The van der Waals surface area contributed by atoms with Gasteiger partial charge in [-0.2, -0.15) is 0 Å². The minimum absolute atomic E-state index is 0.0476. The number of esters is 1. The van der Waals surface area contributed by atoms with Crippen molar-refractivity contribution in [3.8, 4) is 0 Å². The lowest BCUT2D eigenvalue weighted by Gasteiger charge is -2.16. The summed E-state index contributed by atoms with van der Waals surface area (Å²) in [6, 6.07) is 6.42. The molecule has 0 radical (unpaired) electrons. The van der Waals surface area contributed by atoms with E-state index in [0.29, 0.717) is 17.9 Å². The van der Waals surface area contributed by atoms with Crippen molar-refractivity contribution in [1.82, 2.24) is 4.90 Å². The molecule has 1 heterocycles. The first kappa shape index (κ1) is 15.1. The van der Waals surface area contributed by atoms with Gasteiger partial charge in [0.1, 0.15) is 0 Å². The number of hydrogen-bond acceptors (Lipinski definition) is 5. The predicted molar refractivity (Wildman–Crippen MR) is 79.7 cm³/mol. The van der Waals surface area contributed by atoms with E-state index in [1.807, 2.05) is 0 Å². The molecule has 0 unspecified atom stereocenters. The molecule has 1 aliphatic rings. The monoisotopic (exact) mass is 306 g/mol. The zero-order valence-corrected chi connectivity index (χ0v) is 12.2. The maximum Gasteiger partial charge on any atom is 0.338 e. The largest absolute Gasteiger partial charge is 0.462 e. The quantitative estimate of drug-likeness (QED) is 0.520. The van der Waals surface area contributed by atoms with Crippen molar-refractivity contribution < 1.29 is 19.1 Å². The van der Waals surface area contributed by atoms with Crippen molar-refractivity contribution in [2.75, 3.05) is 11.9 Å². The van der Waals surface area contributed by atoms with Crippen LogP contribution in [0.3, 0.4) is 0 Å². The summed E-state index contributed by atoms with van der Waals surface area (Å²) in [5.41, 5.74) is 1.00. The molecule has 2 rings (SSSR count). The number of carbonyl (C=O) groups is 3. The third-order valence-electron chi connectivity index (χ3n) is 2.90. The molecule has 0 aliphatic carbocycles. The maximum absolute atomic E-state index is 11.5. The molecule has 6 nitrogen and oxygen atoms in total. The van der Waals surface area contributed by atoms with Gasteiger partial charge < -0.3 is 10.1 Å². The number of rotatable bonds is 3. The Morgan fingerprint density at radius 3 is 2.33 bits per heavy atom. The van der Waals surface area contributed by atoms with E-state index in [4.69, 9.17) is 17.0 Å². The highest BCUT2D eigenvalue weighted by atomic mass is 32.1. The van der Waals surface area contributed by atoms with Gasteiger partial charge in [0.2, 0.25) is 11.8 Å². The van der Waals surface area contributed by atoms with Crippen LogP contribution < -0.4 is 5.32 Å². The van der Waals surface area contributed by atoms with Crippen molar-refractivity contribution in [3.63, 3.8) is 0 Å². The van der Waals surface area contributed by atoms with Gasteiger partial charge in [-0.3, -0.25) is 9.59 Å². The van der Waals surface area contributed by atoms with E-state index in [-0.39, 0.29) is 29.8 Å². The van der Waals surface area contributed by atoms with Gasteiger partial charge in [0.25, 0.3) is 0 Å². The second kappa shape index (κ2) is 6.45. The number of amides is 2. The highest BCUT2D eigenvalue weighted by Crippen LogP contribution is 2.16. The normalized spacial score (nSPS) is 14.2. The zero-order valence-electron chi connectivity index (χ0n) is 11.4. The Morgan fingerprint density at radius 1 is 1.24 bits per heavy atom. The fourth-order valence-corrected chi connectivity index (χ4v) is 2.21. The zero-order chi connectivity index (χ0) is 15.4. The number of nitrogens with zero attached hydrogens (tertiary/aromatic N) is 1. The predicted octanol–water partition coefficient (Wildman–Crippen LogP) is 1.71. The third kappa shape index (κ3) is 3.43. The standard InChI is InChI=1S/C14H14N2O4S/c1-2-20-13(19)9-3-5-10(6-4-9)15-14(21)16-11(17)7-8-12(16)18/h3-6H,2,7-8H2,1H3,(H,15,21). The topological polar surface area (TPSA) is 75.7 Å². The summed E-state index contributed by atoms with van der Waals surface area (Å²) in [7, 11) is 0. The van der Waals surface area contributed by atoms with E-state index in [2.05, 4.69) is 5.32 Å². The van der Waals surface area contributed by atoms with E-state index in [0.717, 1.165) is 4.90 Å². The average Bonchev–Trinajstić information content (AvgIpc) is 2.79. The van der Waals surface area contributed by atoms with Crippen LogP contribution in [-0.2, 0) is 14.3 Å². The Hall–Kier alpha value is -2.28. The lowest BCUT2D eigenvalue weighted by atomic mass is 10.2. The number of thiocarbonyl (C=S) groups is 1. The highest BCUT2D eigenvalue weighted by Gasteiger charge is 2.32. The molecular formula is C14H14N2O4S. The van der Waals surface area contributed by atoms with Crippen molar-refractivity contribution >= 4 is 40.8 Å². The minimum Gasteiger partial charge on any atom is -0.462 e.